The molecule has 0 spiro atoms. The molecule has 0 atom stereocenters. The highest BCUT2D eigenvalue weighted by atomic mass is 79.9. The average Bonchev–Trinajstić information content (AvgIpc) is 3.04. The summed E-state index contributed by atoms with van der Waals surface area (Å²) in [6.07, 6.45) is 1.02. The molecule has 47 heavy (non-hydrogen) atoms. The zero-order chi connectivity index (χ0) is 34.8. The number of H-pyrrole nitrogens is 1. The van der Waals surface area contributed by atoms with Crippen LogP contribution < -0.4 is 10.3 Å². The third-order valence-corrected chi connectivity index (χ3v) is 5.69. The zero-order valence-corrected chi connectivity index (χ0v) is 30.6. The van der Waals surface area contributed by atoms with Crippen molar-refractivity contribution in [1.82, 2.24) is 9.97 Å². The lowest BCUT2D eigenvalue weighted by molar-refractivity contribution is -0.149. The summed E-state index contributed by atoms with van der Waals surface area (Å²) in [5.74, 6) is -0.150. The molecule has 0 unspecified atom stereocenters. The lowest BCUT2D eigenvalue weighted by Gasteiger charge is -2.07. The summed E-state index contributed by atoms with van der Waals surface area (Å²) in [6, 6.07) is 10.4. The standard InChI is InChI=1S/C15H22BrNO6.C11H22O5.C5H4BrNO/c1-2-22-15(18)12-21-9-8-19-6-7-20-10-11-23-14-5-3-4-13(16)17-14;1-3-5-13-6-7-14-8-9-15-10-11(12)16-4-2;6-4-2-1-3-5(8)7-4/h3-5H,2,6-12H2,1H3;3-10H2,1-2H3;1-3H,(H,7,8). The molecule has 0 aliphatic heterocycles. The molecule has 2 rings (SSSR count). The molecule has 268 valence electrons. The number of aromatic amines is 1. The second-order valence-electron chi connectivity index (χ2n) is 8.67. The molecule has 0 aromatic carbocycles. The molecule has 0 aliphatic carbocycles. The van der Waals surface area contributed by atoms with Crippen LogP contribution in [0.1, 0.15) is 27.2 Å². The third kappa shape index (κ3) is 31.9. The van der Waals surface area contributed by atoms with Gasteiger partial charge >= 0.3 is 11.9 Å². The fourth-order valence-corrected chi connectivity index (χ4v) is 3.51. The van der Waals surface area contributed by atoms with E-state index >= 15 is 0 Å². The van der Waals surface area contributed by atoms with Crippen LogP contribution in [-0.4, -0.2) is 121 Å². The van der Waals surface area contributed by atoms with Crippen molar-refractivity contribution in [2.45, 2.75) is 27.2 Å². The molecule has 1 N–H and O–H groups in total. The molecule has 0 bridgehead atoms. The van der Waals surface area contributed by atoms with Crippen LogP contribution in [0.4, 0.5) is 0 Å². The normalized spacial score (nSPS) is 10.2. The van der Waals surface area contributed by atoms with Gasteiger partial charge in [0.05, 0.1) is 77.3 Å². The number of carbonyl (C=O) groups excluding carboxylic acids is 2. The van der Waals surface area contributed by atoms with Crippen molar-refractivity contribution < 1.29 is 52.2 Å². The van der Waals surface area contributed by atoms with E-state index in [0.29, 0.717) is 89.8 Å². The number of esters is 2. The minimum Gasteiger partial charge on any atom is -0.475 e. The van der Waals surface area contributed by atoms with Crippen molar-refractivity contribution >= 4 is 43.8 Å². The maximum absolute atomic E-state index is 11.0. The summed E-state index contributed by atoms with van der Waals surface area (Å²) in [7, 11) is 0. The van der Waals surface area contributed by atoms with E-state index in [1.54, 1.807) is 32.0 Å². The largest absolute Gasteiger partial charge is 0.475 e. The Bertz CT molecular complexity index is 1090. The van der Waals surface area contributed by atoms with Gasteiger partial charge in [0.15, 0.2) is 0 Å². The average molecular weight is 801 g/mol. The molecule has 2 aromatic rings. The second-order valence-corrected chi connectivity index (χ2v) is 10.3. The van der Waals surface area contributed by atoms with Crippen LogP contribution in [0, 0.1) is 0 Å². The molecular weight excluding hydrogens is 752 g/mol. The van der Waals surface area contributed by atoms with Crippen LogP contribution >= 0.6 is 31.9 Å². The number of ether oxygens (including phenoxy) is 9. The predicted molar refractivity (Wildman–Crippen MR) is 181 cm³/mol. The summed E-state index contributed by atoms with van der Waals surface area (Å²) < 4.78 is 47.5. The first kappa shape index (κ1) is 44.6. The van der Waals surface area contributed by atoms with E-state index in [1.165, 1.54) is 6.07 Å². The van der Waals surface area contributed by atoms with E-state index in [2.05, 4.69) is 53.5 Å². The molecular formula is C31H48Br2N2O12. The summed E-state index contributed by atoms with van der Waals surface area (Å²) >= 11 is 6.38. The Balaban J connectivity index is 0.000000758. The van der Waals surface area contributed by atoms with Gasteiger partial charge < -0.3 is 47.6 Å². The zero-order valence-electron chi connectivity index (χ0n) is 27.4. The van der Waals surface area contributed by atoms with Crippen LogP contribution in [0.5, 0.6) is 5.88 Å². The van der Waals surface area contributed by atoms with Gasteiger partial charge in [0, 0.05) is 18.7 Å². The van der Waals surface area contributed by atoms with Crippen LogP contribution in [-0.2, 0) is 47.5 Å². The van der Waals surface area contributed by atoms with Crippen LogP contribution in [0.2, 0.25) is 0 Å². The van der Waals surface area contributed by atoms with Crippen molar-refractivity contribution in [2.24, 2.45) is 0 Å². The monoisotopic (exact) mass is 798 g/mol. The molecule has 0 amide bonds. The van der Waals surface area contributed by atoms with E-state index in [9.17, 15) is 14.4 Å². The molecule has 14 nitrogen and oxygen atoms in total. The molecule has 0 aliphatic rings. The number of pyridine rings is 2. The SMILES string of the molecule is CCCOCCOCCOCC(=O)OCC.CCOC(=O)COCCOCCOCCOc1cccc(Br)n1.O=c1cccc(Br)[nH]1. The van der Waals surface area contributed by atoms with Crippen LogP contribution in [0.25, 0.3) is 0 Å². The first-order valence-electron chi connectivity index (χ1n) is 15.2. The first-order chi connectivity index (χ1) is 22.8. The Hall–Kier alpha value is -2.44. The van der Waals surface area contributed by atoms with Gasteiger partial charge in [-0.1, -0.05) is 19.1 Å². The fraction of sp³-hybridized carbons (Fsp3) is 0.613. The summed E-state index contributed by atoms with van der Waals surface area (Å²) in [5, 5.41) is 0. The van der Waals surface area contributed by atoms with Crippen molar-refractivity contribution in [1.29, 1.82) is 0 Å². The highest BCUT2D eigenvalue weighted by Crippen LogP contribution is 2.11. The number of hydrogen-bond donors (Lipinski definition) is 1. The van der Waals surface area contributed by atoms with Gasteiger partial charge in [0.25, 0.3) is 0 Å². The minimum atomic E-state index is -0.365. The Morgan fingerprint density at radius 2 is 1.11 bits per heavy atom. The van der Waals surface area contributed by atoms with Gasteiger partial charge in [-0.05, 0) is 64.3 Å². The van der Waals surface area contributed by atoms with Gasteiger partial charge in [-0.2, -0.15) is 0 Å². The molecule has 16 heteroatoms. The molecule has 0 saturated heterocycles. The Kier molecular flexibility index (Phi) is 31.7. The number of nitrogens with one attached hydrogen (secondary N) is 1. The van der Waals surface area contributed by atoms with Crippen LogP contribution in [0.3, 0.4) is 0 Å². The molecule has 2 aromatic heterocycles. The quantitative estimate of drug-likeness (QED) is 0.0923. The number of carbonyl (C=O) groups is 2. The van der Waals surface area contributed by atoms with Gasteiger partial charge in [0.2, 0.25) is 11.4 Å². The topological polar surface area (TPSA) is 163 Å². The number of aromatic nitrogens is 2. The van der Waals surface area contributed by atoms with Crippen LogP contribution in [0.15, 0.2) is 50.4 Å². The summed E-state index contributed by atoms with van der Waals surface area (Å²) in [4.78, 5) is 38.9. The van der Waals surface area contributed by atoms with E-state index in [0.717, 1.165) is 17.6 Å². The Labute approximate surface area is 293 Å². The smallest absolute Gasteiger partial charge is 0.332 e. The third-order valence-electron chi connectivity index (χ3n) is 4.79. The molecule has 0 radical (unpaired) electrons. The maximum atomic E-state index is 11.0. The molecule has 0 saturated carbocycles. The summed E-state index contributed by atoms with van der Waals surface area (Å²) in [5.41, 5.74) is -0.0839. The van der Waals surface area contributed by atoms with E-state index < -0.39 is 0 Å². The predicted octanol–water partition coefficient (Wildman–Crippen LogP) is 3.98. The van der Waals surface area contributed by atoms with Crippen molar-refractivity contribution in [3.63, 3.8) is 0 Å². The lowest BCUT2D eigenvalue weighted by atomic mass is 10.5. The first-order valence-corrected chi connectivity index (χ1v) is 16.8. The van der Waals surface area contributed by atoms with E-state index in [4.69, 9.17) is 37.9 Å². The summed E-state index contributed by atoms with van der Waals surface area (Å²) in [6.45, 7) is 11.6. The molecule has 2 heterocycles. The van der Waals surface area contributed by atoms with Crippen molar-refractivity contribution in [3.05, 3.63) is 56.0 Å². The molecule has 0 fully saturated rings. The highest BCUT2D eigenvalue weighted by molar-refractivity contribution is 9.10. The number of nitrogens with zero attached hydrogens (tertiary/aromatic N) is 1. The highest BCUT2D eigenvalue weighted by Gasteiger charge is 2.02. The number of hydrogen-bond acceptors (Lipinski definition) is 13. The van der Waals surface area contributed by atoms with Gasteiger partial charge in [-0.3, -0.25) is 4.79 Å². The van der Waals surface area contributed by atoms with Gasteiger partial charge in [0.1, 0.15) is 24.4 Å². The number of rotatable bonds is 24. The number of halogens is 2. The van der Waals surface area contributed by atoms with E-state index in [1.807, 2.05) is 12.1 Å². The fourth-order valence-electron chi connectivity index (χ4n) is 2.84. The van der Waals surface area contributed by atoms with Gasteiger partial charge in [-0.15, -0.1) is 0 Å². The minimum absolute atomic E-state index is 0.0104. The Morgan fingerprint density at radius 1 is 0.638 bits per heavy atom. The maximum Gasteiger partial charge on any atom is 0.332 e. The van der Waals surface area contributed by atoms with Crippen molar-refractivity contribution in [3.8, 4) is 5.88 Å². The lowest BCUT2D eigenvalue weighted by Crippen LogP contribution is -2.16. The Morgan fingerprint density at radius 3 is 1.53 bits per heavy atom. The second kappa shape index (κ2) is 33.5. The van der Waals surface area contributed by atoms with Gasteiger partial charge in [-0.25, -0.2) is 14.6 Å². The van der Waals surface area contributed by atoms with Crippen molar-refractivity contribution in [2.75, 3.05) is 99.1 Å². The van der Waals surface area contributed by atoms with E-state index in [-0.39, 0.29) is 30.7 Å².